The maximum absolute atomic E-state index is 11.8. The zero-order valence-corrected chi connectivity index (χ0v) is 14.4. The highest BCUT2D eigenvalue weighted by atomic mass is 16.3. The van der Waals surface area contributed by atoms with Crippen LogP contribution in [0.25, 0.3) is 0 Å². The Hall–Kier alpha value is -1.07. The monoisotopic (exact) mass is 312 g/mol. The first-order valence-corrected chi connectivity index (χ1v) is 9.28. The molecule has 0 aromatic rings. The minimum absolute atomic E-state index is 0.120. The topological polar surface area (TPSA) is 37.3 Å². The largest absolute Gasteiger partial charge is 0.377 e. The van der Waals surface area contributed by atoms with E-state index in [9.17, 15) is 9.90 Å². The molecule has 0 spiro atoms. The minimum Gasteiger partial charge on any atom is -0.377 e. The van der Waals surface area contributed by atoms with Gasteiger partial charge in [0.2, 0.25) is 0 Å². The summed E-state index contributed by atoms with van der Waals surface area (Å²) in [4.78, 5) is 11.8. The fourth-order valence-electron chi connectivity index (χ4n) is 6.81. The number of carbonyl (C=O) groups excluding carboxylic acids is 1. The molecule has 3 saturated carbocycles. The summed E-state index contributed by atoms with van der Waals surface area (Å²) in [5, 5.41) is 11.0. The van der Waals surface area contributed by atoms with Gasteiger partial charge >= 0.3 is 0 Å². The molecule has 2 nitrogen and oxygen atoms in total. The molecule has 0 heterocycles. The van der Waals surface area contributed by atoms with Crippen molar-refractivity contribution in [3.63, 3.8) is 0 Å². The molecule has 23 heavy (non-hydrogen) atoms. The number of terminal acetylenes is 1. The van der Waals surface area contributed by atoms with Crippen molar-refractivity contribution < 1.29 is 9.90 Å². The van der Waals surface area contributed by atoms with Crippen LogP contribution in [0, 0.1) is 40.9 Å². The molecule has 2 heteroatoms. The number of carbonyl (C=O) groups is 1. The van der Waals surface area contributed by atoms with Crippen molar-refractivity contribution in [3.8, 4) is 12.3 Å². The summed E-state index contributed by atoms with van der Waals surface area (Å²) in [6, 6.07) is 0. The number of hydrogen-bond acceptors (Lipinski definition) is 2. The van der Waals surface area contributed by atoms with Crippen LogP contribution in [-0.4, -0.2) is 16.5 Å². The van der Waals surface area contributed by atoms with E-state index in [2.05, 4.69) is 19.8 Å². The van der Waals surface area contributed by atoms with Crippen molar-refractivity contribution in [1.82, 2.24) is 0 Å². The highest BCUT2D eigenvalue weighted by Crippen LogP contribution is 2.67. The molecule has 3 fully saturated rings. The van der Waals surface area contributed by atoms with Gasteiger partial charge in [-0.3, -0.25) is 4.79 Å². The summed E-state index contributed by atoms with van der Waals surface area (Å²) in [6.45, 7) is 4.63. The van der Waals surface area contributed by atoms with Crippen molar-refractivity contribution in [1.29, 1.82) is 0 Å². The first-order valence-electron chi connectivity index (χ1n) is 9.28. The molecular formula is C21H28O2. The van der Waals surface area contributed by atoms with Crippen LogP contribution in [0.2, 0.25) is 0 Å². The first kappa shape index (κ1) is 15.5. The zero-order valence-electron chi connectivity index (χ0n) is 14.4. The van der Waals surface area contributed by atoms with Crippen LogP contribution >= 0.6 is 0 Å². The third-order valence-corrected chi connectivity index (χ3v) is 8.35. The molecular weight excluding hydrogens is 284 g/mol. The van der Waals surface area contributed by atoms with Gasteiger partial charge in [-0.15, -0.1) is 6.42 Å². The van der Waals surface area contributed by atoms with Gasteiger partial charge < -0.3 is 5.11 Å². The second-order valence-corrected chi connectivity index (χ2v) is 8.97. The molecule has 0 saturated heterocycles. The van der Waals surface area contributed by atoms with Crippen molar-refractivity contribution in [2.75, 3.05) is 0 Å². The van der Waals surface area contributed by atoms with E-state index in [0.717, 1.165) is 38.5 Å². The van der Waals surface area contributed by atoms with Crippen LogP contribution in [0.15, 0.2) is 11.6 Å². The molecule has 0 bridgehead atoms. The summed E-state index contributed by atoms with van der Waals surface area (Å²) >= 11 is 0. The van der Waals surface area contributed by atoms with Gasteiger partial charge in [0.05, 0.1) is 0 Å². The van der Waals surface area contributed by atoms with Crippen molar-refractivity contribution >= 4 is 5.78 Å². The van der Waals surface area contributed by atoms with Gasteiger partial charge in [0.15, 0.2) is 5.78 Å². The standard InChI is InChI=1S/C21H28O2/c1-4-21(23)12-9-18-16-6-5-14-13-15(22)7-10-19(14,2)17(16)8-11-20(18,21)3/h1,13,16-18,23H,5-12H2,2-3H3/t16-,17-,18+,19+,20+,21+/m1/s1. The van der Waals surface area contributed by atoms with Crippen LogP contribution in [-0.2, 0) is 4.79 Å². The molecule has 4 rings (SSSR count). The van der Waals surface area contributed by atoms with Gasteiger partial charge in [-0.05, 0) is 74.2 Å². The lowest BCUT2D eigenvalue weighted by Crippen LogP contribution is -2.54. The van der Waals surface area contributed by atoms with Gasteiger partial charge in [-0.1, -0.05) is 25.3 Å². The summed E-state index contributed by atoms with van der Waals surface area (Å²) in [6.07, 6.45) is 15.6. The normalized spacial score (nSPS) is 52.0. The van der Waals surface area contributed by atoms with Gasteiger partial charge in [0.25, 0.3) is 0 Å². The summed E-state index contributed by atoms with van der Waals surface area (Å²) in [5.41, 5.74) is 0.575. The van der Waals surface area contributed by atoms with E-state index in [1.807, 2.05) is 6.08 Å². The average Bonchev–Trinajstić information content (AvgIpc) is 2.80. The second kappa shape index (κ2) is 4.73. The number of ketones is 1. The van der Waals surface area contributed by atoms with Crippen molar-refractivity contribution in [3.05, 3.63) is 11.6 Å². The Kier molecular flexibility index (Phi) is 3.18. The third-order valence-electron chi connectivity index (χ3n) is 8.35. The van der Waals surface area contributed by atoms with Crippen LogP contribution in [0.1, 0.15) is 65.2 Å². The molecule has 0 amide bonds. The van der Waals surface area contributed by atoms with Gasteiger partial charge in [-0.25, -0.2) is 0 Å². The molecule has 0 aliphatic heterocycles. The fourth-order valence-corrected chi connectivity index (χ4v) is 6.81. The van der Waals surface area contributed by atoms with E-state index >= 15 is 0 Å². The lowest BCUT2D eigenvalue weighted by Gasteiger charge is -2.58. The Bertz CT molecular complexity index is 626. The number of allylic oxidation sites excluding steroid dienone is 1. The molecule has 1 N–H and O–H groups in total. The number of hydrogen-bond donors (Lipinski definition) is 1. The zero-order chi connectivity index (χ0) is 16.5. The lowest BCUT2D eigenvalue weighted by molar-refractivity contribution is -0.119. The summed E-state index contributed by atoms with van der Waals surface area (Å²) in [7, 11) is 0. The van der Waals surface area contributed by atoms with E-state index in [-0.39, 0.29) is 10.8 Å². The predicted octanol–water partition coefficient (Wildman–Crippen LogP) is 3.88. The van der Waals surface area contributed by atoms with Gasteiger partial charge in [0, 0.05) is 11.8 Å². The smallest absolute Gasteiger partial charge is 0.155 e. The molecule has 4 aliphatic carbocycles. The average molecular weight is 312 g/mol. The first-order chi connectivity index (χ1) is 10.8. The molecule has 0 radical (unpaired) electrons. The summed E-state index contributed by atoms with van der Waals surface area (Å²) < 4.78 is 0. The molecule has 0 unspecified atom stereocenters. The second-order valence-electron chi connectivity index (χ2n) is 8.97. The van der Waals surface area contributed by atoms with Gasteiger partial charge in [0.1, 0.15) is 5.60 Å². The molecule has 0 aromatic heterocycles. The van der Waals surface area contributed by atoms with Crippen LogP contribution < -0.4 is 0 Å². The van der Waals surface area contributed by atoms with E-state index < -0.39 is 5.60 Å². The Balaban J connectivity index is 1.70. The molecule has 6 atom stereocenters. The summed E-state index contributed by atoms with van der Waals surface area (Å²) in [5.74, 6) is 4.93. The third kappa shape index (κ3) is 1.84. The van der Waals surface area contributed by atoms with E-state index in [4.69, 9.17) is 6.42 Å². The number of aliphatic hydroxyl groups is 1. The molecule has 124 valence electrons. The van der Waals surface area contributed by atoms with Crippen molar-refractivity contribution in [2.24, 2.45) is 28.6 Å². The van der Waals surface area contributed by atoms with Crippen LogP contribution in [0.3, 0.4) is 0 Å². The van der Waals surface area contributed by atoms with Gasteiger partial charge in [-0.2, -0.15) is 0 Å². The quantitative estimate of drug-likeness (QED) is 0.689. The Morgan fingerprint density at radius 3 is 2.61 bits per heavy atom. The van der Waals surface area contributed by atoms with Crippen molar-refractivity contribution in [2.45, 2.75) is 70.8 Å². The Labute approximate surface area is 139 Å². The highest BCUT2D eigenvalue weighted by Gasteiger charge is 2.63. The maximum atomic E-state index is 11.8. The Morgan fingerprint density at radius 1 is 1.13 bits per heavy atom. The van der Waals surface area contributed by atoms with E-state index in [1.54, 1.807) is 0 Å². The number of rotatable bonds is 0. The minimum atomic E-state index is -0.914. The van der Waals surface area contributed by atoms with Crippen LogP contribution in [0.5, 0.6) is 0 Å². The molecule has 0 aromatic carbocycles. The molecule has 4 aliphatic rings. The highest BCUT2D eigenvalue weighted by molar-refractivity contribution is 5.91. The van der Waals surface area contributed by atoms with E-state index in [1.165, 1.54) is 12.0 Å². The Morgan fingerprint density at radius 2 is 1.87 bits per heavy atom. The maximum Gasteiger partial charge on any atom is 0.155 e. The predicted molar refractivity (Wildman–Crippen MR) is 90.5 cm³/mol. The SMILES string of the molecule is C#C[C@]1(O)CC[C@H]2[C@@H]3CCC4=CC(=O)CC[C@]4(C)[C@@H]3CC[C@@]21C. The number of fused-ring (bicyclic) bond motifs is 5. The lowest BCUT2D eigenvalue weighted by atomic mass is 9.46. The van der Waals surface area contributed by atoms with E-state index in [0.29, 0.717) is 30.0 Å². The van der Waals surface area contributed by atoms with Crippen LogP contribution in [0.4, 0.5) is 0 Å². The fraction of sp³-hybridized carbons (Fsp3) is 0.762.